The summed E-state index contributed by atoms with van der Waals surface area (Å²) in [5.41, 5.74) is 16.3. The predicted octanol–water partition coefficient (Wildman–Crippen LogP) is 10.5. The van der Waals surface area contributed by atoms with Gasteiger partial charge in [0.15, 0.2) is 23.1 Å². The fraction of sp³-hybridized carbons (Fsp3) is 0.125. The van der Waals surface area contributed by atoms with E-state index in [1.807, 2.05) is 0 Å². The van der Waals surface area contributed by atoms with E-state index in [-0.39, 0.29) is 5.54 Å². The van der Waals surface area contributed by atoms with Crippen LogP contribution in [-0.4, -0.2) is 4.40 Å². The molecule has 0 amide bonds. The van der Waals surface area contributed by atoms with E-state index >= 15 is 0 Å². The Morgan fingerprint density at radius 2 is 1.44 bits per heavy atom. The van der Waals surface area contributed by atoms with E-state index in [0.717, 1.165) is 42.5 Å². The minimum absolute atomic E-state index is 0.0931. The molecule has 0 radical (unpaired) electrons. The summed E-state index contributed by atoms with van der Waals surface area (Å²) in [6.07, 6.45) is 6.23. The van der Waals surface area contributed by atoms with Crippen LogP contribution in [-0.2, 0) is 18.4 Å². The number of para-hydroxylation sites is 2. The van der Waals surface area contributed by atoms with Crippen molar-refractivity contribution in [1.82, 2.24) is 4.40 Å². The Morgan fingerprint density at radius 1 is 0.654 bits per heavy atom. The van der Waals surface area contributed by atoms with Crippen molar-refractivity contribution in [3.8, 4) is 22.5 Å². The summed E-state index contributed by atoms with van der Waals surface area (Å²) in [6.45, 7) is 4.82. The van der Waals surface area contributed by atoms with E-state index in [2.05, 4.69) is 147 Å². The number of allylic oxidation sites excluding steroid dienone is 1. The monoisotopic (exact) mass is 667 g/mol. The lowest BCUT2D eigenvalue weighted by Gasteiger charge is -2.46. The summed E-state index contributed by atoms with van der Waals surface area (Å²) < 4.78 is 14.1. The van der Waals surface area contributed by atoms with Gasteiger partial charge in [0, 0.05) is 56.8 Å². The van der Waals surface area contributed by atoms with Crippen molar-refractivity contribution in [1.29, 1.82) is 0 Å². The fourth-order valence-corrected chi connectivity index (χ4v) is 11.0. The number of benzene rings is 5. The van der Waals surface area contributed by atoms with Crippen LogP contribution in [0.25, 0.3) is 88.2 Å². The Kier molecular flexibility index (Phi) is 4.93. The molecule has 8 heterocycles. The quantitative estimate of drug-likeness (QED) is 0.148. The molecule has 52 heavy (non-hydrogen) atoms. The first kappa shape index (κ1) is 27.5. The van der Waals surface area contributed by atoms with Gasteiger partial charge in [-0.15, -0.1) is 0 Å². The Hall–Kier alpha value is -6.26. The maximum absolute atomic E-state index is 6.47. The van der Waals surface area contributed by atoms with Crippen molar-refractivity contribution in [2.75, 3.05) is 0 Å². The highest BCUT2D eigenvalue weighted by Crippen LogP contribution is 2.54. The lowest BCUT2D eigenvalue weighted by atomic mass is 9.62. The lowest BCUT2D eigenvalue weighted by Crippen LogP contribution is -2.74. The minimum Gasteiger partial charge on any atom is -0.456 e. The molecule has 3 aliphatic rings. The number of aryl methyl sites for hydroxylation is 1. The van der Waals surface area contributed by atoms with Gasteiger partial charge in [-0.3, -0.25) is 0 Å². The van der Waals surface area contributed by atoms with Crippen LogP contribution in [0.1, 0.15) is 35.6 Å². The molecule has 13 rings (SSSR count). The van der Waals surface area contributed by atoms with E-state index in [9.17, 15) is 0 Å². The van der Waals surface area contributed by atoms with E-state index in [1.165, 1.54) is 88.2 Å². The van der Waals surface area contributed by atoms with E-state index in [4.69, 9.17) is 11.0 Å². The van der Waals surface area contributed by atoms with E-state index < -0.39 is 0 Å². The lowest BCUT2D eigenvalue weighted by molar-refractivity contribution is -0.809. The van der Waals surface area contributed by atoms with E-state index in [0.29, 0.717) is 5.92 Å². The summed E-state index contributed by atoms with van der Waals surface area (Å²) in [5.74, 6) is 0.312. The van der Waals surface area contributed by atoms with Gasteiger partial charge in [-0.05, 0) is 79.1 Å². The third-order valence-electron chi connectivity index (χ3n) is 13.0. The Morgan fingerprint density at radius 3 is 2.40 bits per heavy atom. The molecule has 0 saturated heterocycles. The molecule has 2 unspecified atom stereocenters. The van der Waals surface area contributed by atoms with Crippen LogP contribution in [0.2, 0.25) is 0 Å². The maximum atomic E-state index is 6.47. The molecule has 3 aliphatic heterocycles. The van der Waals surface area contributed by atoms with Crippen molar-refractivity contribution < 1.29 is 13.6 Å². The molecule has 2 atom stereocenters. The molecule has 0 aliphatic carbocycles. The van der Waals surface area contributed by atoms with Gasteiger partial charge in [-0.1, -0.05) is 54.6 Å². The summed E-state index contributed by atoms with van der Waals surface area (Å²) in [5, 5.41) is 7.57. The standard InChI is InChI=1S/C48H33N3O/c1-28-26-48-27-30-11-8-17-41(51(30)48)38-24-37-33-15-9-14-32-34-20-22-44-45(35-13-4-5-18-43(35)52-44)47(34)50(46(32)33)42(37)25-36(38)39(48)21-19-29-10-2-3-12-31(29)40-16-6-7-23-49(28)40/h2-18,20,22-25,39H,1,19,21,26-27H2/q+2. The fourth-order valence-electron chi connectivity index (χ4n) is 11.0. The van der Waals surface area contributed by atoms with Crippen LogP contribution < -0.4 is 9.13 Å². The van der Waals surface area contributed by atoms with Gasteiger partial charge >= 0.3 is 0 Å². The molecule has 0 saturated carbocycles. The zero-order chi connectivity index (χ0) is 33.9. The topological polar surface area (TPSA) is 25.3 Å². The SMILES string of the molecule is C=C1CC23Cc4cccc([n+]42)-c2cc4c5cccc6c7ccc8oc9ccccc9c8c7n(c4cc2C3CCc2ccccc2-c2cccc[n+]21)c56. The number of rotatable bonds is 0. The smallest absolute Gasteiger partial charge is 0.218 e. The molecule has 0 N–H and O–H groups in total. The highest BCUT2D eigenvalue weighted by molar-refractivity contribution is 6.30. The molecular formula is C48H33N3O+2. The number of aromatic nitrogens is 3. The highest BCUT2D eigenvalue weighted by Gasteiger charge is 2.63. The number of pyridine rings is 2. The minimum atomic E-state index is -0.0931. The second-order valence-corrected chi connectivity index (χ2v) is 15.4. The molecule has 4 nitrogen and oxygen atoms in total. The summed E-state index contributed by atoms with van der Waals surface area (Å²) >= 11 is 0. The number of fused-ring (bicyclic) bond motifs is 16. The predicted molar refractivity (Wildman–Crippen MR) is 209 cm³/mol. The largest absolute Gasteiger partial charge is 0.456 e. The van der Waals surface area contributed by atoms with Crippen LogP contribution in [0.5, 0.6) is 0 Å². The first-order valence-electron chi connectivity index (χ1n) is 18.6. The normalized spacial score (nSPS) is 19.2. The van der Waals surface area contributed by atoms with Gasteiger partial charge < -0.3 is 8.82 Å². The van der Waals surface area contributed by atoms with Gasteiger partial charge in [-0.2, -0.15) is 9.13 Å². The van der Waals surface area contributed by atoms with Gasteiger partial charge in [0.05, 0.1) is 46.3 Å². The zero-order valence-electron chi connectivity index (χ0n) is 28.6. The van der Waals surface area contributed by atoms with Crippen LogP contribution in [0.4, 0.5) is 0 Å². The Labute approximate surface area is 299 Å². The second kappa shape index (κ2) is 9.34. The van der Waals surface area contributed by atoms with Crippen LogP contribution >= 0.6 is 0 Å². The molecule has 4 heteroatoms. The molecule has 10 aromatic rings. The first-order valence-corrected chi connectivity index (χ1v) is 18.6. The summed E-state index contributed by atoms with van der Waals surface area (Å²) in [7, 11) is 0. The maximum Gasteiger partial charge on any atom is 0.218 e. The number of hydrogen-bond acceptors (Lipinski definition) is 1. The molecule has 5 aromatic carbocycles. The average Bonchev–Trinajstić information content (AvgIpc) is 3.83. The van der Waals surface area contributed by atoms with Crippen molar-refractivity contribution in [3.63, 3.8) is 0 Å². The van der Waals surface area contributed by atoms with E-state index in [1.54, 1.807) is 0 Å². The molecular weight excluding hydrogens is 635 g/mol. The highest BCUT2D eigenvalue weighted by atomic mass is 16.3. The summed E-state index contributed by atoms with van der Waals surface area (Å²) in [6, 6.07) is 47.4. The van der Waals surface area contributed by atoms with Gasteiger partial charge in [0.1, 0.15) is 11.2 Å². The van der Waals surface area contributed by atoms with Gasteiger partial charge in [0.2, 0.25) is 11.4 Å². The number of furan rings is 1. The molecule has 0 fully saturated rings. The average molecular weight is 668 g/mol. The van der Waals surface area contributed by atoms with Gasteiger partial charge in [0.25, 0.3) is 0 Å². The Balaban J connectivity index is 1.14. The molecule has 5 aromatic heterocycles. The molecule has 1 spiro atoms. The van der Waals surface area contributed by atoms with Crippen molar-refractivity contribution >= 4 is 65.7 Å². The van der Waals surface area contributed by atoms with Crippen LogP contribution in [0.3, 0.4) is 0 Å². The third kappa shape index (κ3) is 3.17. The molecule has 244 valence electrons. The summed E-state index contributed by atoms with van der Waals surface area (Å²) in [4.78, 5) is 0. The Bertz CT molecular complexity index is 3230. The third-order valence-corrected chi connectivity index (χ3v) is 13.0. The van der Waals surface area contributed by atoms with Crippen molar-refractivity contribution in [3.05, 3.63) is 157 Å². The van der Waals surface area contributed by atoms with Crippen LogP contribution in [0, 0.1) is 0 Å². The van der Waals surface area contributed by atoms with Crippen LogP contribution in [0.15, 0.2) is 145 Å². The van der Waals surface area contributed by atoms with Crippen molar-refractivity contribution in [2.45, 2.75) is 37.1 Å². The second-order valence-electron chi connectivity index (χ2n) is 15.4. The number of nitrogens with zero attached hydrogens (tertiary/aromatic N) is 3. The zero-order valence-corrected chi connectivity index (χ0v) is 28.6. The van der Waals surface area contributed by atoms with Crippen molar-refractivity contribution in [2.24, 2.45) is 0 Å². The van der Waals surface area contributed by atoms with Gasteiger partial charge in [-0.25, -0.2) is 0 Å². The number of hydrogen-bond donors (Lipinski definition) is 0. The molecule has 0 bridgehead atoms. The first-order chi connectivity index (χ1) is 25.7.